The van der Waals surface area contributed by atoms with Gasteiger partial charge in [-0.1, -0.05) is 32.9 Å². The quantitative estimate of drug-likeness (QED) is 0.678. The molecule has 0 saturated heterocycles. The third kappa shape index (κ3) is 6.08. The van der Waals surface area contributed by atoms with Crippen LogP contribution < -0.4 is 10.6 Å². The molecule has 1 aliphatic rings. The summed E-state index contributed by atoms with van der Waals surface area (Å²) in [5, 5.41) is 14.5. The number of carboxylic acid groups (broad SMARTS) is 1. The van der Waals surface area contributed by atoms with Crippen molar-refractivity contribution in [2.75, 3.05) is 6.54 Å². The summed E-state index contributed by atoms with van der Waals surface area (Å²) in [5.41, 5.74) is -0.288. The van der Waals surface area contributed by atoms with Crippen LogP contribution in [-0.4, -0.2) is 29.7 Å². The average Bonchev–Trinajstić information content (AvgIpc) is 2.35. The minimum atomic E-state index is -0.900. The highest BCUT2D eigenvalue weighted by Crippen LogP contribution is 2.22. The van der Waals surface area contributed by atoms with Crippen LogP contribution >= 0.6 is 0 Å². The summed E-state index contributed by atoms with van der Waals surface area (Å²) in [7, 11) is 0. The zero-order chi connectivity index (χ0) is 15.2. The molecule has 0 aliphatic heterocycles. The van der Waals surface area contributed by atoms with E-state index in [4.69, 9.17) is 5.11 Å². The van der Waals surface area contributed by atoms with Crippen LogP contribution in [0.1, 0.15) is 46.5 Å². The summed E-state index contributed by atoms with van der Waals surface area (Å²) in [6.07, 6.45) is 7.41. The van der Waals surface area contributed by atoms with Crippen molar-refractivity contribution in [3.63, 3.8) is 0 Å². The first-order valence-corrected chi connectivity index (χ1v) is 7.20. The Hall–Kier alpha value is -1.52. The molecule has 0 aromatic rings. The molecule has 1 aliphatic carbocycles. The monoisotopic (exact) mass is 282 g/mol. The molecular weight excluding hydrogens is 256 g/mol. The Kier molecular flexibility index (Phi) is 6.05. The third-order valence-electron chi connectivity index (χ3n) is 3.66. The molecule has 0 spiro atoms. The van der Waals surface area contributed by atoms with Gasteiger partial charge in [-0.05, 0) is 30.6 Å². The second-order valence-electron chi connectivity index (χ2n) is 6.52. The van der Waals surface area contributed by atoms with Gasteiger partial charge >= 0.3 is 12.0 Å². The fraction of sp³-hybridized carbons (Fsp3) is 0.733. The van der Waals surface area contributed by atoms with Gasteiger partial charge in [0.15, 0.2) is 0 Å². The van der Waals surface area contributed by atoms with Crippen molar-refractivity contribution in [3.8, 4) is 0 Å². The molecular formula is C15H26N2O3. The van der Waals surface area contributed by atoms with Crippen LogP contribution in [0.2, 0.25) is 0 Å². The molecule has 3 N–H and O–H groups in total. The number of rotatable bonds is 5. The van der Waals surface area contributed by atoms with E-state index >= 15 is 0 Å². The van der Waals surface area contributed by atoms with Gasteiger partial charge in [-0.3, -0.25) is 4.79 Å². The standard InChI is InChI=1S/C15H26N2O3/c1-15(2,3)12(9-13(18)19)17-14(20)16-10-11-7-5-4-6-8-11/h4-5,11-12H,6-10H2,1-3H3,(H,18,19)(H2,16,17,20). The van der Waals surface area contributed by atoms with Gasteiger partial charge in [0.25, 0.3) is 0 Å². The summed E-state index contributed by atoms with van der Waals surface area (Å²) in [5.74, 6) is -0.416. The van der Waals surface area contributed by atoms with E-state index in [2.05, 4.69) is 22.8 Å². The molecule has 0 bridgehead atoms. The van der Waals surface area contributed by atoms with E-state index in [-0.39, 0.29) is 23.9 Å². The lowest BCUT2D eigenvalue weighted by Crippen LogP contribution is -2.49. The average molecular weight is 282 g/mol. The van der Waals surface area contributed by atoms with Gasteiger partial charge in [0.05, 0.1) is 6.42 Å². The van der Waals surface area contributed by atoms with Crippen molar-refractivity contribution in [2.45, 2.75) is 52.5 Å². The number of carboxylic acids is 1. The lowest BCUT2D eigenvalue weighted by Gasteiger charge is -2.30. The van der Waals surface area contributed by atoms with Crippen LogP contribution in [0.4, 0.5) is 4.79 Å². The van der Waals surface area contributed by atoms with E-state index in [1.165, 1.54) is 0 Å². The number of hydrogen-bond acceptors (Lipinski definition) is 2. The van der Waals surface area contributed by atoms with Gasteiger partial charge < -0.3 is 15.7 Å². The lowest BCUT2D eigenvalue weighted by molar-refractivity contribution is -0.138. The van der Waals surface area contributed by atoms with Crippen molar-refractivity contribution in [2.24, 2.45) is 11.3 Å². The largest absolute Gasteiger partial charge is 0.481 e. The number of allylic oxidation sites excluding steroid dienone is 2. The smallest absolute Gasteiger partial charge is 0.315 e. The number of hydrogen-bond donors (Lipinski definition) is 3. The second-order valence-corrected chi connectivity index (χ2v) is 6.52. The van der Waals surface area contributed by atoms with Crippen LogP contribution in [0.15, 0.2) is 12.2 Å². The number of amides is 2. The Morgan fingerprint density at radius 1 is 1.35 bits per heavy atom. The number of urea groups is 1. The molecule has 5 nitrogen and oxygen atoms in total. The topological polar surface area (TPSA) is 78.4 Å². The van der Waals surface area contributed by atoms with Crippen LogP contribution in [0.25, 0.3) is 0 Å². The predicted molar refractivity (Wildman–Crippen MR) is 78.5 cm³/mol. The van der Waals surface area contributed by atoms with Crippen LogP contribution in [-0.2, 0) is 4.79 Å². The number of nitrogens with one attached hydrogen (secondary N) is 2. The van der Waals surface area contributed by atoms with E-state index in [9.17, 15) is 9.59 Å². The predicted octanol–water partition coefficient (Wildman–Crippen LogP) is 2.53. The zero-order valence-electron chi connectivity index (χ0n) is 12.6. The molecule has 20 heavy (non-hydrogen) atoms. The van der Waals surface area contributed by atoms with Crippen molar-refractivity contribution in [1.82, 2.24) is 10.6 Å². The molecule has 0 heterocycles. The van der Waals surface area contributed by atoms with E-state index in [1.54, 1.807) is 0 Å². The van der Waals surface area contributed by atoms with Crippen molar-refractivity contribution < 1.29 is 14.7 Å². The normalized spacial score (nSPS) is 20.2. The molecule has 0 fully saturated rings. The third-order valence-corrected chi connectivity index (χ3v) is 3.66. The summed E-state index contributed by atoms with van der Waals surface area (Å²) in [6.45, 7) is 6.41. The Morgan fingerprint density at radius 3 is 2.55 bits per heavy atom. The maximum Gasteiger partial charge on any atom is 0.315 e. The molecule has 1 rings (SSSR count). The zero-order valence-corrected chi connectivity index (χ0v) is 12.6. The number of carbonyl (C=O) groups is 2. The van der Waals surface area contributed by atoms with Crippen molar-refractivity contribution >= 4 is 12.0 Å². The first-order chi connectivity index (χ1) is 9.29. The van der Waals surface area contributed by atoms with Crippen LogP contribution in [0.3, 0.4) is 0 Å². The van der Waals surface area contributed by atoms with Gasteiger partial charge in [0.2, 0.25) is 0 Å². The lowest BCUT2D eigenvalue weighted by atomic mass is 9.85. The van der Waals surface area contributed by atoms with Gasteiger partial charge in [0.1, 0.15) is 0 Å². The molecule has 114 valence electrons. The van der Waals surface area contributed by atoms with Gasteiger partial charge in [-0.2, -0.15) is 0 Å². The summed E-state index contributed by atoms with van der Waals surface area (Å²) < 4.78 is 0. The molecule has 5 heteroatoms. The van der Waals surface area contributed by atoms with Crippen LogP contribution in [0, 0.1) is 11.3 Å². The SMILES string of the molecule is CC(C)(C)C(CC(=O)O)NC(=O)NCC1CC=CCC1. The van der Waals surface area contributed by atoms with Gasteiger partial charge in [0, 0.05) is 12.6 Å². The van der Waals surface area contributed by atoms with E-state index < -0.39 is 5.97 Å². The summed E-state index contributed by atoms with van der Waals surface area (Å²) in [6, 6.07) is -0.660. The summed E-state index contributed by atoms with van der Waals surface area (Å²) >= 11 is 0. The minimum absolute atomic E-state index is 0.0664. The summed E-state index contributed by atoms with van der Waals surface area (Å²) in [4.78, 5) is 22.8. The molecule has 0 aromatic heterocycles. The Labute approximate surface area is 120 Å². The fourth-order valence-corrected chi connectivity index (χ4v) is 2.24. The van der Waals surface area contributed by atoms with E-state index in [0.29, 0.717) is 12.5 Å². The van der Waals surface area contributed by atoms with Crippen LogP contribution in [0.5, 0.6) is 0 Å². The Morgan fingerprint density at radius 2 is 2.05 bits per heavy atom. The van der Waals surface area contributed by atoms with Gasteiger partial charge in [-0.15, -0.1) is 0 Å². The van der Waals surface area contributed by atoms with E-state index in [0.717, 1.165) is 19.3 Å². The van der Waals surface area contributed by atoms with E-state index in [1.807, 2.05) is 20.8 Å². The second kappa shape index (κ2) is 7.31. The maximum atomic E-state index is 11.9. The van der Waals surface area contributed by atoms with Crippen molar-refractivity contribution in [3.05, 3.63) is 12.2 Å². The maximum absolute atomic E-state index is 11.9. The molecule has 2 amide bonds. The first-order valence-electron chi connectivity index (χ1n) is 7.20. The Balaban J connectivity index is 2.41. The highest BCUT2D eigenvalue weighted by molar-refractivity contribution is 5.75. The first kappa shape index (κ1) is 16.5. The molecule has 0 aromatic carbocycles. The van der Waals surface area contributed by atoms with Gasteiger partial charge in [-0.25, -0.2) is 4.79 Å². The number of aliphatic carboxylic acids is 1. The highest BCUT2D eigenvalue weighted by Gasteiger charge is 2.28. The fourth-order valence-electron chi connectivity index (χ4n) is 2.24. The molecule has 0 radical (unpaired) electrons. The number of carbonyl (C=O) groups excluding carboxylic acids is 1. The highest BCUT2D eigenvalue weighted by atomic mass is 16.4. The molecule has 2 unspecified atom stereocenters. The van der Waals surface area contributed by atoms with Crippen molar-refractivity contribution in [1.29, 1.82) is 0 Å². The Bertz CT molecular complexity index is 372. The molecule has 0 saturated carbocycles. The minimum Gasteiger partial charge on any atom is -0.481 e. The molecule has 2 atom stereocenters.